The van der Waals surface area contributed by atoms with Crippen molar-refractivity contribution in [1.29, 1.82) is 0 Å². The first-order valence-electron chi connectivity index (χ1n) is 9.57. The lowest BCUT2D eigenvalue weighted by molar-refractivity contribution is 0.601. The van der Waals surface area contributed by atoms with Crippen LogP contribution in [0, 0.1) is 0 Å². The van der Waals surface area contributed by atoms with E-state index in [0.29, 0.717) is 11.2 Å². The van der Waals surface area contributed by atoms with Crippen LogP contribution in [0.2, 0.25) is 0 Å². The maximum atomic E-state index is 13.0. The molecule has 5 aromatic rings. The van der Waals surface area contributed by atoms with Gasteiger partial charge in [0.25, 0.3) is 10.0 Å². The first kappa shape index (κ1) is 18.3. The summed E-state index contributed by atoms with van der Waals surface area (Å²) >= 11 is 0. The van der Waals surface area contributed by atoms with E-state index in [1.165, 1.54) is 0 Å². The molecule has 0 fully saturated rings. The molecule has 0 amide bonds. The number of pyridine rings is 1. The van der Waals surface area contributed by atoms with Crippen LogP contribution in [0.4, 0.5) is 5.69 Å². The molecule has 0 unspecified atom stereocenters. The Bertz CT molecular complexity index is 1460. The minimum atomic E-state index is -3.75. The number of fused-ring (bicyclic) bond motifs is 2. The van der Waals surface area contributed by atoms with Crippen LogP contribution >= 0.6 is 0 Å². The fourth-order valence-corrected chi connectivity index (χ4v) is 4.61. The van der Waals surface area contributed by atoms with Gasteiger partial charge in [0.15, 0.2) is 0 Å². The summed E-state index contributed by atoms with van der Waals surface area (Å²) in [6.07, 6.45) is 0. The molecule has 0 saturated heterocycles. The van der Waals surface area contributed by atoms with Gasteiger partial charge in [-0.15, -0.1) is 0 Å². The third-order valence-corrected chi connectivity index (χ3v) is 6.44. The molecule has 30 heavy (non-hydrogen) atoms. The molecule has 0 spiro atoms. The Morgan fingerprint density at radius 1 is 0.633 bits per heavy atom. The zero-order valence-corrected chi connectivity index (χ0v) is 16.8. The van der Waals surface area contributed by atoms with E-state index in [4.69, 9.17) is 0 Å². The number of hydrogen-bond acceptors (Lipinski definition) is 3. The number of sulfonamides is 1. The summed E-state index contributed by atoms with van der Waals surface area (Å²) in [6.45, 7) is 0. The zero-order valence-electron chi connectivity index (χ0n) is 16.0. The van der Waals surface area contributed by atoms with Gasteiger partial charge in [-0.25, -0.2) is 13.4 Å². The Balaban J connectivity index is 1.51. The summed E-state index contributed by atoms with van der Waals surface area (Å²) in [7, 11) is -3.75. The molecular formula is C25H18N2O2S. The van der Waals surface area contributed by atoms with E-state index in [2.05, 4.69) is 9.71 Å². The molecule has 146 valence electrons. The van der Waals surface area contributed by atoms with Crippen molar-refractivity contribution in [2.75, 3.05) is 4.72 Å². The Kier molecular flexibility index (Phi) is 4.45. The average Bonchev–Trinajstić information content (AvgIpc) is 2.78. The van der Waals surface area contributed by atoms with E-state index in [1.54, 1.807) is 18.2 Å². The van der Waals surface area contributed by atoms with Gasteiger partial charge >= 0.3 is 0 Å². The monoisotopic (exact) mass is 410 g/mol. The molecule has 1 N–H and O–H groups in total. The highest BCUT2D eigenvalue weighted by Crippen LogP contribution is 2.28. The maximum Gasteiger partial charge on any atom is 0.261 e. The summed E-state index contributed by atoms with van der Waals surface area (Å²) in [6, 6.07) is 32.0. The largest absolute Gasteiger partial charge is 0.277 e. The molecule has 5 rings (SSSR count). The number of nitrogens with zero attached hydrogens (tertiary/aromatic N) is 1. The fraction of sp³-hybridized carbons (Fsp3) is 0. The molecule has 1 heterocycles. The normalized spacial score (nSPS) is 11.6. The molecule has 5 heteroatoms. The molecule has 0 saturated carbocycles. The molecule has 4 nitrogen and oxygen atoms in total. The third kappa shape index (κ3) is 3.40. The van der Waals surface area contributed by atoms with Crippen molar-refractivity contribution in [1.82, 2.24) is 4.98 Å². The highest BCUT2D eigenvalue weighted by molar-refractivity contribution is 7.92. The maximum absolute atomic E-state index is 13.0. The van der Waals surface area contributed by atoms with Crippen molar-refractivity contribution in [3.8, 4) is 11.1 Å². The van der Waals surface area contributed by atoms with Crippen molar-refractivity contribution >= 4 is 37.5 Å². The van der Waals surface area contributed by atoms with Crippen LogP contribution in [0.5, 0.6) is 0 Å². The summed E-state index contributed by atoms with van der Waals surface area (Å²) in [4.78, 5) is 4.89. The Labute approximate surface area is 174 Å². The Morgan fingerprint density at radius 3 is 2.10 bits per heavy atom. The number of rotatable bonds is 4. The van der Waals surface area contributed by atoms with Crippen LogP contribution in [-0.2, 0) is 10.0 Å². The van der Waals surface area contributed by atoms with Crippen molar-refractivity contribution < 1.29 is 8.42 Å². The summed E-state index contributed by atoms with van der Waals surface area (Å²) in [5, 5.41) is 1.90. The number of anilines is 1. The topological polar surface area (TPSA) is 59.1 Å². The van der Waals surface area contributed by atoms with Crippen molar-refractivity contribution in [2.45, 2.75) is 4.90 Å². The van der Waals surface area contributed by atoms with Crippen LogP contribution in [0.15, 0.2) is 108 Å². The van der Waals surface area contributed by atoms with Crippen molar-refractivity contribution in [3.63, 3.8) is 0 Å². The lowest BCUT2D eigenvalue weighted by Crippen LogP contribution is -2.13. The molecule has 0 aliphatic heterocycles. The van der Waals surface area contributed by atoms with Crippen molar-refractivity contribution in [2.24, 2.45) is 0 Å². The SMILES string of the molecule is O=S(=O)(Nc1cccc2cc3ccccc3nc12)c1ccc(-c2ccccc2)cc1. The molecule has 0 bridgehead atoms. The highest BCUT2D eigenvalue weighted by Gasteiger charge is 2.16. The molecule has 4 aromatic carbocycles. The average molecular weight is 410 g/mol. The van der Waals surface area contributed by atoms with Crippen LogP contribution < -0.4 is 4.72 Å². The van der Waals surface area contributed by atoms with E-state index in [-0.39, 0.29) is 4.90 Å². The Morgan fingerprint density at radius 2 is 1.30 bits per heavy atom. The lowest BCUT2D eigenvalue weighted by atomic mass is 10.1. The smallest absolute Gasteiger partial charge is 0.261 e. The van der Waals surface area contributed by atoms with Gasteiger partial charge in [-0.05, 0) is 41.5 Å². The van der Waals surface area contributed by atoms with E-state index < -0.39 is 10.0 Å². The molecule has 1 aromatic heterocycles. The minimum absolute atomic E-state index is 0.208. The quantitative estimate of drug-likeness (QED) is 0.378. The summed E-state index contributed by atoms with van der Waals surface area (Å²) in [5.74, 6) is 0. The van der Waals surface area contributed by atoms with Crippen LogP contribution in [0.1, 0.15) is 0 Å². The van der Waals surface area contributed by atoms with Gasteiger partial charge in [-0.1, -0.05) is 72.8 Å². The number of benzene rings is 4. The summed E-state index contributed by atoms with van der Waals surface area (Å²) in [5.41, 5.74) is 3.92. The molecule has 0 radical (unpaired) electrons. The number of para-hydroxylation sites is 2. The van der Waals surface area contributed by atoms with E-state index >= 15 is 0 Å². The van der Waals surface area contributed by atoms with E-state index in [1.807, 2.05) is 84.9 Å². The van der Waals surface area contributed by atoms with E-state index in [9.17, 15) is 8.42 Å². The summed E-state index contributed by atoms with van der Waals surface area (Å²) < 4.78 is 28.7. The number of nitrogens with one attached hydrogen (secondary N) is 1. The zero-order chi connectivity index (χ0) is 20.6. The first-order chi connectivity index (χ1) is 14.6. The predicted octanol–water partition coefficient (Wildman–Crippen LogP) is 5.86. The second-order valence-electron chi connectivity index (χ2n) is 7.05. The number of hydrogen-bond donors (Lipinski definition) is 1. The van der Waals surface area contributed by atoms with Gasteiger partial charge in [0.05, 0.1) is 21.6 Å². The minimum Gasteiger partial charge on any atom is -0.277 e. The first-order valence-corrected chi connectivity index (χ1v) is 11.1. The van der Waals surface area contributed by atoms with Crippen LogP contribution in [-0.4, -0.2) is 13.4 Å². The fourth-order valence-electron chi connectivity index (χ4n) is 3.55. The van der Waals surface area contributed by atoms with Gasteiger partial charge in [0.1, 0.15) is 0 Å². The van der Waals surface area contributed by atoms with Crippen molar-refractivity contribution in [3.05, 3.63) is 103 Å². The molecule has 0 aliphatic carbocycles. The molecular weight excluding hydrogens is 392 g/mol. The predicted molar refractivity (Wildman–Crippen MR) is 122 cm³/mol. The van der Waals surface area contributed by atoms with Gasteiger partial charge in [0, 0.05) is 10.8 Å². The van der Waals surface area contributed by atoms with E-state index in [0.717, 1.165) is 27.4 Å². The van der Waals surface area contributed by atoms with Crippen LogP contribution in [0.3, 0.4) is 0 Å². The molecule has 0 atom stereocenters. The number of aromatic nitrogens is 1. The van der Waals surface area contributed by atoms with Crippen LogP contribution in [0.25, 0.3) is 32.9 Å². The van der Waals surface area contributed by atoms with Gasteiger partial charge < -0.3 is 0 Å². The molecule has 0 aliphatic rings. The van der Waals surface area contributed by atoms with Gasteiger partial charge in [0.2, 0.25) is 0 Å². The second-order valence-corrected chi connectivity index (χ2v) is 8.74. The third-order valence-electron chi connectivity index (χ3n) is 5.06. The van der Waals surface area contributed by atoms with Gasteiger partial charge in [-0.2, -0.15) is 0 Å². The highest BCUT2D eigenvalue weighted by atomic mass is 32.2. The standard InChI is InChI=1S/C25H18N2O2S/c28-30(29,22-15-13-19(14-16-22)18-7-2-1-3-8-18)27-24-12-6-10-21-17-20-9-4-5-11-23(20)26-25(21)24/h1-17,27H. The Hall–Kier alpha value is -3.70. The second kappa shape index (κ2) is 7.28. The lowest BCUT2D eigenvalue weighted by Gasteiger charge is -2.11. The van der Waals surface area contributed by atoms with Gasteiger partial charge in [-0.3, -0.25) is 4.72 Å².